The van der Waals surface area contributed by atoms with Crippen LogP contribution < -0.4 is 16.2 Å². The molecule has 19 heavy (non-hydrogen) atoms. The molecule has 0 aromatic heterocycles. The quantitative estimate of drug-likeness (QED) is 0.352. The van der Waals surface area contributed by atoms with Crippen LogP contribution in [-0.4, -0.2) is 24.1 Å². The SMILES string of the molecule is Cc1cc(C)c2c(c1)C(=O)C(=O)N2CCC(=O)NN. The zero-order valence-electron chi connectivity index (χ0n) is 10.8. The number of anilines is 1. The highest BCUT2D eigenvalue weighted by Crippen LogP contribution is 2.33. The fraction of sp³-hybridized carbons (Fsp3) is 0.308. The summed E-state index contributed by atoms with van der Waals surface area (Å²) in [4.78, 5) is 36.3. The molecule has 100 valence electrons. The first kappa shape index (κ1) is 13.2. The molecule has 0 saturated carbocycles. The molecule has 0 unspecified atom stereocenters. The third kappa shape index (κ3) is 2.22. The van der Waals surface area contributed by atoms with E-state index in [9.17, 15) is 14.4 Å². The molecule has 1 aromatic rings. The first-order chi connectivity index (χ1) is 8.95. The molecular weight excluding hydrogens is 246 g/mol. The first-order valence-corrected chi connectivity index (χ1v) is 5.92. The lowest BCUT2D eigenvalue weighted by molar-refractivity contribution is -0.121. The second-order valence-electron chi connectivity index (χ2n) is 4.58. The number of Topliss-reactive ketones (excluding diaryl/α,β-unsaturated/α-hetero) is 1. The number of carbonyl (C=O) groups is 3. The van der Waals surface area contributed by atoms with Gasteiger partial charge in [0.2, 0.25) is 5.91 Å². The van der Waals surface area contributed by atoms with Gasteiger partial charge in [0.05, 0.1) is 11.3 Å². The minimum Gasteiger partial charge on any atom is -0.304 e. The van der Waals surface area contributed by atoms with Crippen molar-refractivity contribution in [3.05, 3.63) is 28.8 Å². The van der Waals surface area contributed by atoms with E-state index in [-0.39, 0.29) is 18.9 Å². The van der Waals surface area contributed by atoms with Gasteiger partial charge in [0, 0.05) is 13.0 Å². The number of hydrogen-bond donors (Lipinski definition) is 2. The van der Waals surface area contributed by atoms with Gasteiger partial charge in [-0.3, -0.25) is 19.8 Å². The Kier molecular flexibility index (Phi) is 3.35. The van der Waals surface area contributed by atoms with Crippen LogP contribution in [0.15, 0.2) is 12.1 Å². The molecule has 0 aliphatic carbocycles. The summed E-state index contributed by atoms with van der Waals surface area (Å²) in [6, 6.07) is 3.60. The molecule has 0 bridgehead atoms. The average molecular weight is 261 g/mol. The number of hydrogen-bond acceptors (Lipinski definition) is 4. The van der Waals surface area contributed by atoms with Crippen molar-refractivity contribution >= 4 is 23.3 Å². The number of nitrogens with two attached hydrogens (primary N) is 1. The summed E-state index contributed by atoms with van der Waals surface area (Å²) in [7, 11) is 0. The summed E-state index contributed by atoms with van der Waals surface area (Å²) < 4.78 is 0. The summed E-state index contributed by atoms with van der Waals surface area (Å²) >= 11 is 0. The Hall–Kier alpha value is -2.21. The van der Waals surface area contributed by atoms with Crippen LogP contribution in [-0.2, 0) is 9.59 Å². The lowest BCUT2D eigenvalue weighted by Gasteiger charge is -2.18. The molecule has 6 heteroatoms. The molecule has 0 spiro atoms. The number of aryl methyl sites for hydroxylation is 2. The predicted octanol–water partition coefficient (Wildman–Crippen LogP) is 0.213. The van der Waals surface area contributed by atoms with Crippen molar-refractivity contribution in [2.45, 2.75) is 20.3 Å². The number of ketones is 1. The Balaban J connectivity index is 2.36. The summed E-state index contributed by atoms with van der Waals surface area (Å²) in [6.07, 6.45) is 0.0578. The van der Waals surface area contributed by atoms with E-state index in [0.29, 0.717) is 11.3 Å². The van der Waals surface area contributed by atoms with Gasteiger partial charge >= 0.3 is 0 Å². The molecule has 0 radical (unpaired) electrons. The monoisotopic (exact) mass is 261 g/mol. The smallest absolute Gasteiger partial charge is 0.299 e. The average Bonchev–Trinajstić information content (AvgIpc) is 2.60. The van der Waals surface area contributed by atoms with Crippen LogP contribution in [0.25, 0.3) is 0 Å². The Bertz CT molecular complexity index is 581. The fourth-order valence-corrected chi connectivity index (χ4v) is 2.33. The Morgan fingerprint density at radius 2 is 2.00 bits per heavy atom. The second-order valence-corrected chi connectivity index (χ2v) is 4.58. The molecule has 3 N–H and O–H groups in total. The highest BCUT2D eigenvalue weighted by molar-refractivity contribution is 6.52. The molecule has 0 saturated heterocycles. The third-order valence-electron chi connectivity index (χ3n) is 3.12. The van der Waals surface area contributed by atoms with Gasteiger partial charge in [-0.25, -0.2) is 5.84 Å². The standard InChI is InChI=1S/C13H15N3O3/c1-7-5-8(2)11-9(6-7)12(18)13(19)16(11)4-3-10(17)15-14/h5-6H,3-4,14H2,1-2H3,(H,15,17). The van der Waals surface area contributed by atoms with Crippen LogP contribution in [0, 0.1) is 13.8 Å². The Morgan fingerprint density at radius 3 is 2.63 bits per heavy atom. The summed E-state index contributed by atoms with van der Waals surface area (Å²) in [5.41, 5.74) is 4.79. The number of nitrogens with zero attached hydrogens (tertiary/aromatic N) is 1. The molecule has 0 fully saturated rings. The number of nitrogens with one attached hydrogen (secondary N) is 1. The minimum atomic E-state index is -0.589. The Labute approximate surface area is 110 Å². The maximum atomic E-state index is 11.9. The molecule has 6 nitrogen and oxygen atoms in total. The van der Waals surface area contributed by atoms with Gasteiger partial charge in [-0.05, 0) is 31.0 Å². The summed E-state index contributed by atoms with van der Waals surface area (Å²) in [5, 5.41) is 0. The van der Waals surface area contributed by atoms with Gasteiger partial charge in [0.1, 0.15) is 0 Å². The molecule has 1 heterocycles. The van der Waals surface area contributed by atoms with Crippen molar-refractivity contribution in [1.29, 1.82) is 0 Å². The number of carbonyl (C=O) groups excluding carboxylic acids is 3. The van der Waals surface area contributed by atoms with Crippen molar-refractivity contribution in [3.63, 3.8) is 0 Å². The van der Waals surface area contributed by atoms with Crippen LogP contribution in [0.2, 0.25) is 0 Å². The normalized spacial score (nSPS) is 13.7. The molecule has 1 aliphatic rings. The molecule has 2 rings (SSSR count). The van der Waals surface area contributed by atoms with Gasteiger partial charge in [-0.2, -0.15) is 0 Å². The van der Waals surface area contributed by atoms with E-state index in [0.717, 1.165) is 11.1 Å². The van der Waals surface area contributed by atoms with Crippen molar-refractivity contribution in [3.8, 4) is 0 Å². The van der Waals surface area contributed by atoms with Gasteiger partial charge in [-0.1, -0.05) is 6.07 Å². The topological polar surface area (TPSA) is 92.5 Å². The zero-order valence-corrected chi connectivity index (χ0v) is 10.8. The van der Waals surface area contributed by atoms with E-state index in [1.807, 2.05) is 25.3 Å². The van der Waals surface area contributed by atoms with Crippen LogP contribution in [0.5, 0.6) is 0 Å². The number of rotatable bonds is 3. The zero-order chi connectivity index (χ0) is 14.2. The maximum absolute atomic E-state index is 11.9. The minimum absolute atomic E-state index is 0.0578. The van der Waals surface area contributed by atoms with E-state index < -0.39 is 11.7 Å². The van der Waals surface area contributed by atoms with Crippen LogP contribution in [0.4, 0.5) is 5.69 Å². The van der Waals surface area contributed by atoms with E-state index in [2.05, 4.69) is 0 Å². The van der Waals surface area contributed by atoms with E-state index >= 15 is 0 Å². The van der Waals surface area contributed by atoms with Crippen molar-refractivity contribution in [2.75, 3.05) is 11.4 Å². The molecular formula is C13H15N3O3. The Morgan fingerprint density at radius 1 is 1.32 bits per heavy atom. The molecule has 1 aromatic carbocycles. The largest absolute Gasteiger partial charge is 0.304 e. The molecule has 0 atom stereocenters. The first-order valence-electron chi connectivity index (χ1n) is 5.92. The number of benzene rings is 1. The summed E-state index contributed by atoms with van der Waals surface area (Å²) in [6.45, 7) is 3.85. The van der Waals surface area contributed by atoms with E-state index in [1.54, 1.807) is 6.07 Å². The van der Waals surface area contributed by atoms with Crippen LogP contribution in [0.3, 0.4) is 0 Å². The number of hydrazine groups is 1. The number of amides is 2. The second kappa shape index (κ2) is 4.81. The van der Waals surface area contributed by atoms with Gasteiger partial charge in [0.15, 0.2) is 0 Å². The summed E-state index contributed by atoms with van der Waals surface area (Å²) in [5.74, 6) is 3.51. The van der Waals surface area contributed by atoms with Crippen molar-refractivity contribution in [1.82, 2.24) is 5.43 Å². The van der Waals surface area contributed by atoms with Gasteiger partial charge < -0.3 is 4.90 Å². The van der Waals surface area contributed by atoms with Crippen LogP contribution >= 0.6 is 0 Å². The fourth-order valence-electron chi connectivity index (χ4n) is 2.33. The third-order valence-corrected chi connectivity index (χ3v) is 3.12. The van der Waals surface area contributed by atoms with E-state index in [1.165, 1.54) is 4.90 Å². The molecule has 2 amide bonds. The highest BCUT2D eigenvalue weighted by atomic mass is 16.2. The van der Waals surface area contributed by atoms with Gasteiger partial charge in [-0.15, -0.1) is 0 Å². The van der Waals surface area contributed by atoms with E-state index in [4.69, 9.17) is 5.84 Å². The van der Waals surface area contributed by atoms with Crippen LogP contribution in [0.1, 0.15) is 27.9 Å². The van der Waals surface area contributed by atoms with Crippen molar-refractivity contribution in [2.24, 2.45) is 5.84 Å². The maximum Gasteiger partial charge on any atom is 0.299 e. The lowest BCUT2D eigenvalue weighted by atomic mass is 10.0. The molecule has 1 aliphatic heterocycles. The number of fused-ring (bicyclic) bond motifs is 1. The lowest BCUT2D eigenvalue weighted by Crippen LogP contribution is -2.36. The highest BCUT2D eigenvalue weighted by Gasteiger charge is 2.36. The van der Waals surface area contributed by atoms with Gasteiger partial charge in [0.25, 0.3) is 11.7 Å². The predicted molar refractivity (Wildman–Crippen MR) is 69.5 cm³/mol. The van der Waals surface area contributed by atoms with Crippen molar-refractivity contribution < 1.29 is 14.4 Å².